The molecule has 1 aliphatic heterocycles. The predicted molar refractivity (Wildman–Crippen MR) is 91.5 cm³/mol. The van der Waals surface area contributed by atoms with Crippen molar-refractivity contribution in [3.05, 3.63) is 40.9 Å². The molecule has 0 bridgehead atoms. The number of hydrogen-bond acceptors (Lipinski definition) is 5. The monoisotopic (exact) mass is 339 g/mol. The van der Waals surface area contributed by atoms with Crippen LogP contribution < -0.4 is 0 Å². The first kappa shape index (κ1) is 16.3. The summed E-state index contributed by atoms with van der Waals surface area (Å²) in [5, 5.41) is 12.1. The standard InChI is InChI=1S/C18H17N3O2S/c1-12-11-24-17(20-12)14-6-4-13(5-7-14)16(22)15(10-19)18(23)21-8-2-3-9-21/h4-7,11,15H,2-3,8-9H2,1H3. The molecule has 3 rings (SSSR count). The molecule has 1 saturated heterocycles. The quantitative estimate of drug-likeness (QED) is 0.634. The molecule has 1 aromatic carbocycles. The maximum Gasteiger partial charge on any atom is 0.247 e. The van der Waals surface area contributed by atoms with Crippen LogP contribution in [0, 0.1) is 24.2 Å². The molecule has 2 aromatic rings. The number of amides is 1. The number of nitriles is 1. The van der Waals surface area contributed by atoms with Gasteiger partial charge in [-0.05, 0) is 19.8 Å². The van der Waals surface area contributed by atoms with E-state index in [1.54, 1.807) is 40.5 Å². The minimum absolute atomic E-state index is 0.375. The second-order valence-electron chi connectivity index (χ2n) is 5.83. The lowest BCUT2D eigenvalue weighted by atomic mass is 9.97. The first-order valence-electron chi connectivity index (χ1n) is 7.85. The van der Waals surface area contributed by atoms with Gasteiger partial charge in [0, 0.05) is 35.3 Å². The summed E-state index contributed by atoms with van der Waals surface area (Å²) in [5.41, 5.74) is 2.26. The Morgan fingerprint density at radius 2 is 1.92 bits per heavy atom. The third kappa shape index (κ3) is 3.22. The molecule has 1 unspecified atom stereocenters. The van der Waals surface area contributed by atoms with Crippen LogP contribution >= 0.6 is 11.3 Å². The third-order valence-corrected chi connectivity index (χ3v) is 5.10. The van der Waals surface area contributed by atoms with Crippen molar-refractivity contribution in [2.75, 3.05) is 13.1 Å². The number of carbonyl (C=O) groups is 2. The Balaban J connectivity index is 1.78. The normalized spacial score (nSPS) is 15.1. The van der Waals surface area contributed by atoms with Crippen molar-refractivity contribution in [1.82, 2.24) is 9.88 Å². The fraction of sp³-hybridized carbons (Fsp3) is 0.333. The maximum atomic E-state index is 12.5. The number of benzene rings is 1. The molecular weight excluding hydrogens is 322 g/mol. The van der Waals surface area contributed by atoms with E-state index < -0.39 is 11.7 Å². The van der Waals surface area contributed by atoms with Gasteiger partial charge in [-0.3, -0.25) is 9.59 Å². The van der Waals surface area contributed by atoms with E-state index in [-0.39, 0.29) is 5.91 Å². The summed E-state index contributed by atoms with van der Waals surface area (Å²) < 4.78 is 0. The first-order valence-corrected chi connectivity index (χ1v) is 8.73. The van der Waals surface area contributed by atoms with Crippen LogP contribution in [-0.2, 0) is 4.79 Å². The lowest BCUT2D eigenvalue weighted by Gasteiger charge is -2.18. The van der Waals surface area contributed by atoms with Gasteiger partial charge in [0.15, 0.2) is 11.7 Å². The topological polar surface area (TPSA) is 74.1 Å². The molecule has 24 heavy (non-hydrogen) atoms. The summed E-state index contributed by atoms with van der Waals surface area (Å²) >= 11 is 1.54. The Labute approximate surface area is 144 Å². The van der Waals surface area contributed by atoms with Crippen LogP contribution in [0.1, 0.15) is 28.9 Å². The lowest BCUT2D eigenvalue weighted by molar-refractivity contribution is -0.131. The summed E-state index contributed by atoms with van der Waals surface area (Å²) in [6, 6.07) is 8.81. The van der Waals surface area contributed by atoms with Gasteiger partial charge in [0.25, 0.3) is 0 Å². The molecule has 1 atom stereocenters. The minimum Gasteiger partial charge on any atom is -0.341 e. The highest BCUT2D eigenvalue weighted by Gasteiger charge is 2.32. The number of thiazole rings is 1. The van der Waals surface area contributed by atoms with E-state index in [1.807, 2.05) is 18.4 Å². The number of nitrogens with zero attached hydrogens (tertiary/aromatic N) is 3. The van der Waals surface area contributed by atoms with Crippen molar-refractivity contribution in [3.8, 4) is 16.6 Å². The molecule has 0 radical (unpaired) electrons. The van der Waals surface area contributed by atoms with Crippen molar-refractivity contribution in [3.63, 3.8) is 0 Å². The van der Waals surface area contributed by atoms with Crippen LogP contribution in [0.25, 0.3) is 10.6 Å². The Morgan fingerprint density at radius 3 is 2.46 bits per heavy atom. The number of rotatable bonds is 4. The van der Waals surface area contributed by atoms with Crippen molar-refractivity contribution in [1.29, 1.82) is 5.26 Å². The fourth-order valence-corrected chi connectivity index (χ4v) is 3.58. The number of hydrogen-bond donors (Lipinski definition) is 0. The van der Waals surface area contributed by atoms with E-state index in [4.69, 9.17) is 0 Å². The van der Waals surface area contributed by atoms with Gasteiger partial charge in [0.05, 0.1) is 6.07 Å². The predicted octanol–water partition coefficient (Wildman–Crippen LogP) is 3.06. The molecule has 0 saturated carbocycles. The average Bonchev–Trinajstić information content (AvgIpc) is 3.27. The van der Waals surface area contributed by atoms with Gasteiger partial charge in [-0.15, -0.1) is 11.3 Å². The number of carbonyl (C=O) groups excluding carboxylic acids is 2. The molecule has 1 aromatic heterocycles. The smallest absolute Gasteiger partial charge is 0.247 e. The van der Waals surface area contributed by atoms with Crippen molar-refractivity contribution < 1.29 is 9.59 Å². The zero-order valence-electron chi connectivity index (χ0n) is 13.4. The van der Waals surface area contributed by atoms with Crippen molar-refractivity contribution in [2.45, 2.75) is 19.8 Å². The van der Waals surface area contributed by atoms with E-state index in [9.17, 15) is 14.9 Å². The van der Waals surface area contributed by atoms with E-state index in [0.717, 1.165) is 29.1 Å². The van der Waals surface area contributed by atoms with Crippen LogP contribution in [0.2, 0.25) is 0 Å². The molecular formula is C18H17N3O2S. The molecule has 0 spiro atoms. The summed E-state index contributed by atoms with van der Waals surface area (Å²) in [5.74, 6) is -2.06. The SMILES string of the molecule is Cc1csc(-c2ccc(C(=O)C(C#N)C(=O)N3CCCC3)cc2)n1. The van der Waals surface area contributed by atoms with Crippen LogP contribution in [0.15, 0.2) is 29.6 Å². The van der Waals surface area contributed by atoms with Crippen molar-refractivity contribution >= 4 is 23.0 Å². The van der Waals surface area contributed by atoms with E-state index in [2.05, 4.69) is 4.98 Å². The van der Waals surface area contributed by atoms with Gasteiger partial charge in [-0.1, -0.05) is 24.3 Å². The Morgan fingerprint density at radius 1 is 1.25 bits per heavy atom. The molecule has 1 fully saturated rings. The Kier molecular flexibility index (Phi) is 4.72. The highest BCUT2D eigenvalue weighted by molar-refractivity contribution is 7.13. The molecule has 1 amide bonds. The molecule has 0 N–H and O–H groups in total. The van der Waals surface area contributed by atoms with Crippen molar-refractivity contribution in [2.24, 2.45) is 5.92 Å². The van der Waals surface area contributed by atoms with E-state index in [0.29, 0.717) is 18.7 Å². The maximum absolute atomic E-state index is 12.5. The van der Waals surface area contributed by atoms with Gasteiger partial charge in [-0.25, -0.2) is 4.98 Å². The average molecular weight is 339 g/mol. The second-order valence-corrected chi connectivity index (χ2v) is 6.69. The molecule has 5 nitrogen and oxygen atoms in total. The van der Waals surface area contributed by atoms with Gasteiger partial charge in [-0.2, -0.15) is 5.26 Å². The molecule has 1 aliphatic rings. The fourth-order valence-electron chi connectivity index (χ4n) is 2.78. The third-order valence-electron chi connectivity index (χ3n) is 4.09. The summed E-state index contributed by atoms with van der Waals surface area (Å²) in [7, 11) is 0. The van der Waals surface area contributed by atoms with Crippen LogP contribution in [0.3, 0.4) is 0 Å². The number of aryl methyl sites for hydroxylation is 1. The zero-order valence-corrected chi connectivity index (χ0v) is 14.2. The molecule has 0 aliphatic carbocycles. The highest BCUT2D eigenvalue weighted by atomic mass is 32.1. The lowest BCUT2D eigenvalue weighted by Crippen LogP contribution is -2.37. The van der Waals surface area contributed by atoms with Gasteiger partial charge < -0.3 is 4.90 Å². The number of aromatic nitrogens is 1. The molecule has 2 heterocycles. The summed E-state index contributed by atoms with van der Waals surface area (Å²) in [4.78, 5) is 30.9. The van der Waals surface area contributed by atoms with Gasteiger partial charge in [0.1, 0.15) is 5.01 Å². The van der Waals surface area contributed by atoms with Gasteiger partial charge >= 0.3 is 0 Å². The highest BCUT2D eigenvalue weighted by Crippen LogP contribution is 2.24. The van der Waals surface area contributed by atoms with E-state index >= 15 is 0 Å². The second kappa shape index (κ2) is 6.93. The number of likely N-dealkylation sites (tertiary alicyclic amines) is 1. The van der Waals surface area contributed by atoms with E-state index in [1.165, 1.54) is 0 Å². The first-order chi connectivity index (χ1) is 11.6. The molecule has 6 heteroatoms. The van der Waals surface area contributed by atoms with Crippen LogP contribution in [-0.4, -0.2) is 34.7 Å². The number of ketones is 1. The van der Waals surface area contributed by atoms with Crippen LogP contribution in [0.4, 0.5) is 0 Å². The zero-order chi connectivity index (χ0) is 17.1. The largest absolute Gasteiger partial charge is 0.341 e. The summed E-state index contributed by atoms with van der Waals surface area (Å²) in [6.07, 6.45) is 1.86. The van der Waals surface area contributed by atoms with Gasteiger partial charge in [0.2, 0.25) is 5.91 Å². The molecule has 122 valence electrons. The number of Topliss-reactive ketones (excluding diaryl/α,β-unsaturated/α-hetero) is 1. The minimum atomic E-state index is -1.25. The van der Waals surface area contributed by atoms with Crippen LogP contribution in [0.5, 0.6) is 0 Å². The Hall–Kier alpha value is -2.52. The Bertz CT molecular complexity index is 798. The summed E-state index contributed by atoms with van der Waals surface area (Å²) in [6.45, 7) is 3.19.